The molecule has 0 aliphatic carbocycles. The number of rotatable bonds is 4. The normalized spacial score (nSPS) is 22.5. The maximum absolute atomic E-state index is 11.9. The lowest BCUT2D eigenvalue weighted by Gasteiger charge is -2.29. The van der Waals surface area contributed by atoms with Crippen molar-refractivity contribution < 1.29 is 14.6 Å². The second-order valence-electron chi connectivity index (χ2n) is 4.62. The molecule has 0 saturated carbocycles. The summed E-state index contributed by atoms with van der Waals surface area (Å²) in [5.41, 5.74) is 1.14. The number of aliphatic hydroxyl groups is 1. The molecule has 2 rings (SSSR count). The van der Waals surface area contributed by atoms with Crippen LogP contribution in [0.4, 0.5) is 0 Å². The van der Waals surface area contributed by atoms with Gasteiger partial charge in [-0.25, -0.2) is 4.79 Å². The molecule has 98 valence electrons. The molecule has 0 spiro atoms. The number of esters is 1. The smallest absolute Gasteiger partial charge is 0.338 e. The van der Waals surface area contributed by atoms with Crippen LogP contribution in [0, 0.1) is 0 Å². The Labute approximate surface area is 115 Å². The van der Waals surface area contributed by atoms with E-state index in [4.69, 9.17) is 4.74 Å². The lowest BCUT2D eigenvalue weighted by Crippen LogP contribution is -2.32. The Morgan fingerprint density at radius 3 is 2.89 bits per heavy atom. The van der Waals surface area contributed by atoms with Gasteiger partial charge in [0.15, 0.2) is 0 Å². The van der Waals surface area contributed by atoms with Crippen LogP contribution in [0.25, 0.3) is 0 Å². The molecule has 3 nitrogen and oxygen atoms in total. The topological polar surface area (TPSA) is 46.5 Å². The highest BCUT2D eigenvalue weighted by atomic mass is 79.9. The zero-order valence-corrected chi connectivity index (χ0v) is 11.9. The Morgan fingerprint density at radius 2 is 2.17 bits per heavy atom. The number of unbranched alkanes of at least 4 members (excludes halogenated alkanes) is 2. The Hall–Kier alpha value is -0.870. The van der Waals surface area contributed by atoms with E-state index >= 15 is 0 Å². The summed E-state index contributed by atoms with van der Waals surface area (Å²) in [6.45, 7) is 2.12. The molecule has 1 aliphatic rings. The van der Waals surface area contributed by atoms with Crippen molar-refractivity contribution in [3.05, 3.63) is 33.8 Å². The van der Waals surface area contributed by atoms with Gasteiger partial charge >= 0.3 is 5.97 Å². The second kappa shape index (κ2) is 5.85. The van der Waals surface area contributed by atoms with Crippen LogP contribution in [-0.2, 0) is 4.74 Å². The molecule has 1 aromatic rings. The fourth-order valence-corrected chi connectivity index (χ4v) is 2.60. The van der Waals surface area contributed by atoms with Crippen LogP contribution >= 0.6 is 15.9 Å². The van der Waals surface area contributed by atoms with Gasteiger partial charge < -0.3 is 9.84 Å². The third-order valence-corrected chi connectivity index (χ3v) is 3.75. The summed E-state index contributed by atoms with van der Waals surface area (Å²) in [4.78, 5) is 11.9. The predicted octanol–water partition coefficient (Wildman–Crippen LogP) is 3.60. The van der Waals surface area contributed by atoms with E-state index in [0.717, 1.165) is 30.2 Å². The number of hydrogen-bond acceptors (Lipinski definition) is 3. The zero-order valence-electron chi connectivity index (χ0n) is 10.4. The van der Waals surface area contributed by atoms with Crippen LogP contribution in [0.1, 0.15) is 54.6 Å². The predicted molar refractivity (Wildman–Crippen MR) is 72.4 cm³/mol. The first kappa shape index (κ1) is 13.6. The van der Waals surface area contributed by atoms with Crippen LogP contribution < -0.4 is 0 Å². The summed E-state index contributed by atoms with van der Waals surface area (Å²) in [5, 5.41) is 10.2. The summed E-state index contributed by atoms with van der Waals surface area (Å²) in [7, 11) is 0. The Bertz CT molecular complexity index is 445. The van der Waals surface area contributed by atoms with Crippen molar-refractivity contribution in [1.29, 1.82) is 0 Å². The maximum atomic E-state index is 11.9. The summed E-state index contributed by atoms with van der Waals surface area (Å²) in [6, 6.07) is 5.32. The number of cyclic esters (lactones) is 1. The van der Waals surface area contributed by atoms with Crippen molar-refractivity contribution >= 4 is 21.9 Å². The first-order valence-corrected chi connectivity index (χ1v) is 7.11. The van der Waals surface area contributed by atoms with Crippen LogP contribution in [0.3, 0.4) is 0 Å². The number of halogens is 1. The SMILES string of the molecule is CCCCC[C@@H]1OC(=O)c2cc(Br)ccc2[C@@H]1O. The molecule has 18 heavy (non-hydrogen) atoms. The minimum atomic E-state index is -0.706. The van der Waals surface area contributed by atoms with Crippen LogP contribution in [0.5, 0.6) is 0 Å². The molecule has 0 unspecified atom stereocenters. The summed E-state index contributed by atoms with van der Waals surface area (Å²) >= 11 is 3.31. The number of benzene rings is 1. The number of ether oxygens (including phenoxy) is 1. The Morgan fingerprint density at radius 1 is 1.39 bits per heavy atom. The Balaban J connectivity index is 2.17. The highest BCUT2D eigenvalue weighted by Crippen LogP contribution is 2.33. The van der Waals surface area contributed by atoms with Gasteiger partial charge in [0, 0.05) is 4.47 Å². The maximum Gasteiger partial charge on any atom is 0.338 e. The molecule has 1 heterocycles. The van der Waals surface area contributed by atoms with Gasteiger partial charge in [0.2, 0.25) is 0 Å². The van der Waals surface area contributed by atoms with E-state index in [2.05, 4.69) is 22.9 Å². The molecule has 1 aliphatic heterocycles. The van der Waals surface area contributed by atoms with Crippen molar-refractivity contribution in [1.82, 2.24) is 0 Å². The fourth-order valence-electron chi connectivity index (χ4n) is 2.24. The van der Waals surface area contributed by atoms with Gasteiger partial charge in [0.1, 0.15) is 12.2 Å². The van der Waals surface area contributed by atoms with Gasteiger partial charge in [-0.3, -0.25) is 0 Å². The van der Waals surface area contributed by atoms with Crippen molar-refractivity contribution in [3.8, 4) is 0 Å². The van der Waals surface area contributed by atoms with Crippen molar-refractivity contribution in [2.45, 2.75) is 44.8 Å². The Kier molecular flexibility index (Phi) is 4.40. The minimum absolute atomic E-state index is 0.335. The molecular weight excluding hydrogens is 296 g/mol. The van der Waals surface area contributed by atoms with Crippen molar-refractivity contribution in [3.63, 3.8) is 0 Å². The molecule has 4 heteroatoms. The fraction of sp³-hybridized carbons (Fsp3) is 0.500. The van der Waals surface area contributed by atoms with Crippen LogP contribution in [0.2, 0.25) is 0 Å². The number of hydrogen-bond donors (Lipinski definition) is 1. The first-order valence-electron chi connectivity index (χ1n) is 6.32. The second-order valence-corrected chi connectivity index (χ2v) is 5.53. The number of carbonyl (C=O) groups excluding carboxylic acids is 1. The average molecular weight is 313 g/mol. The summed E-state index contributed by atoms with van der Waals surface area (Å²) < 4.78 is 6.13. The third-order valence-electron chi connectivity index (χ3n) is 3.26. The lowest BCUT2D eigenvalue weighted by molar-refractivity contribution is -0.0330. The molecule has 0 radical (unpaired) electrons. The van der Waals surface area contributed by atoms with Gasteiger partial charge in [-0.2, -0.15) is 0 Å². The standard InChI is InChI=1S/C14H17BrO3/c1-2-3-4-5-12-13(16)10-7-6-9(15)8-11(10)14(17)18-12/h6-8,12-13,16H,2-5H2,1H3/t12-,13-/m0/s1. The quantitative estimate of drug-likeness (QED) is 0.682. The van der Waals surface area contributed by atoms with E-state index in [1.165, 1.54) is 0 Å². The molecule has 1 N–H and O–H groups in total. The van der Waals surface area contributed by atoms with Crippen LogP contribution in [-0.4, -0.2) is 17.2 Å². The van der Waals surface area contributed by atoms with E-state index in [1.807, 2.05) is 6.07 Å². The van der Waals surface area contributed by atoms with Gasteiger partial charge in [-0.15, -0.1) is 0 Å². The number of aliphatic hydroxyl groups excluding tert-OH is 1. The van der Waals surface area contributed by atoms with E-state index in [9.17, 15) is 9.90 Å². The number of carbonyl (C=O) groups is 1. The van der Waals surface area contributed by atoms with Gasteiger partial charge in [-0.1, -0.05) is 41.8 Å². The van der Waals surface area contributed by atoms with E-state index in [-0.39, 0.29) is 5.97 Å². The highest BCUT2D eigenvalue weighted by Gasteiger charge is 2.33. The van der Waals surface area contributed by atoms with Gasteiger partial charge in [-0.05, 0) is 30.5 Å². The zero-order chi connectivity index (χ0) is 13.1. The molecule has 2 atom stereocenters. The molecule has 0 fully saturated rings. The molecule has 1 aromatic carbocycles. The average Bonchev–Trinajstić information content (AvgIpc) is 2.35. The van der Waals surface area contributed by atoms with Gasteiger partial charge in [0.25, 0.3) is 0 Å². The van der Waals surface area contributed by atoms with Crippen LogP contribution in [0.15, 0.2) is 22.7 Å². The molecule has 0 bridgehead atoms. The van der Waals surface area contributed by atoms with E-state index < -0.39 is 12.2 Å². The highest BCUT2D eigenvalue weighted by molar-refractivity contribution is 9.10. The molecule has 0 aromatic heterocycles. The molecule has 0 saturated heterocycles. The summed E-state index contributed by atoms with van der Waals surface area (Å²) in [5.74, 6) is -0.335. The molecular formula is C14H17BrO3. The van der Waals surface area contributed by atoms with E-state index in [0.29, 0.717) is 11.1 Å². The first-order chi connectivity index (χ1) is 8.63. The minimum Gasteiger partial charge on any atom is -0.456 e. The lowest BCUT2D eigenvalue weighted by atomic mass is 9.93. The number of fused-ring (bicyclic) bond motifs is 1. The summed E-state index contributed by atoms with van der Waals surface area (Å²) in [6.07, 6.45) is 2.78. The van der Waals surface area contributed by atoms with Gasteiger partial charge in [0.05, 0.1) is 5.56 Å². The monoisotopic (exact) mass is 312 g/mol. The largest absolute Gasteiger partial charge is 0.456 e. The van der Waals surface area contributed by atoms with Crippen molar-refractivity contribution in [2.75, 3.05) is 0 Å². The third kappa shape index (κ3) is 2.75. The molecule has 0 amide bonds. The van der Waals surface area contributed by atoms with Crippen molar-refractivity contribution in [2.24, 2.45) is 0 Å². The van der Waals surface area contributed by atoms with E-state index in [1.54, 1.807) is 12.1 Å².